The zero-order valence-corrected chi connectivity index (χ0v) is 15.4. The molecule has 1 N–H and O–H groups in total. The molecule has 0 saturated carbocycles. The third-order valence-electron chi connectivity index (χ3n) is 5.11. The SMILES string of the molecule is Cc1cc(NCC2CN(c3ccc4nnc(C)n4n3)C2)c2ccccc2n1. The van der Waals surface area contributed by atoms with Crippen molar-refractivity contribution >= 4 is 28.1 Å². The summed E-state index contributed by atoms with van der Waals surface area (Å²) in [7, 11) is 0. The summed E-state index contributed by atoms with van der Waals surface area (Å²) in [5.74, 6) is 2.38. The first kappa shape index (κ1) is 16.0. The number of rotatable bonds is 4. The fraction of sp³-hybridized carbons (Fsp3) is 0.300. The second kappa shape index (κ2) is 6.19. The topological polar surface area (TPSA) is 71.2 Å². The number of nitrogens with zero attached hydrogens (tertiary/aromatic N) is 6. The molecule has 4 aromatic rings. The molecule has 7 nitrogen and oxygen atoms in total. The van der Waals surface area contributed by atoms with E-state index in [1.54, 1.807) is 4.52 Å². The van der Waals surface area contributed by atoms with Crippen molar-refractivity contribution in [3.8, 4) is 0 Å². The van der Waals surface area contributed by atoms with Crippen LogP contribution in [0.15, 0.2) is 42.5 Å². The number of aryl methyl sites for hydroxylation is 2. The van der Waals surface area contributed by atoms with Gasteiger partial charge in [0.1, 0.15) is 5.82 Å². The largest absolute Gasteiger partial charge is 0.384 e. The van der Waals surface area contributed by atoms with Crippen LogP contribution in [0, 0.1) is 19.8 Å². The van der Waals surface area contributed by atoms with Gasteiger partial charge in [0, 0.05) is 42.3 Å². The van der Waals surface area contributed by atoms with Gasteiger partial charge in [0.05, 0.1) is 5.52 Å². The van der Waals surface area contributed by atoms with E-state index in [-0.39, 0.29) is 0 Å². The van der Waals surface area contributed by atoms with Gasteiger partial charge in [-0.3, -0.25) is 4.98 Å². The average molecular weight is 359 g/mol. The Kier molecular flexibility index (Phi) is 3.67. The molecular formula is C20H21N7. The molecule has 136 valence electrons. The van der Waals surface area contributed by atoms with Gasteiger partial charge < -0.3 is 10.2 Å². The second-order valence-electron chi connectivity index (χ2n) is 7.19. The van der Waals surface area contributed by atoms with Gasteiger partial charge in [-0.2, -0.15) is 4.52 Å². The van der Waals surface area contributed by atoms with Gasteiger partial charge in [0.25, 0.3) is 0 Å². The summed E-state index contributed by atoms with van der Waals surface area (Å²) in [6, 6.07) is 14.4. The Bertz CT molecular complexity index is 1130. The molecular weight excluding hydrogens is 338 g/mol. The van der Waals surface area contributed by atoms with Gasteiger partial charge in [0.2, 0.25) is 0 Å². The van der Waals surface area contributed by atoms with Crippen molar-refractivity contribution < 1.29 is 0 Å². The molecule has 0 spiro atoms. The molecule has 0 aliphatic carbocycles. The number of hydrogen-bond donors (Lipinski definition) is 1. The summed E-state index contributed by atoms with van der Waals surface area (Å²) in [5, 5.41) is 17.6. The maximum absolute atomic E-state index is 4.65. The maximum atomic E-state index is 4.65. The molecule has 4 heterocycles. The normalized spacial score (nSPS) is 14.7. The number of benzene rings is 1. The number of fused-ring (bicyclic) bond motifs is 2. The van der Waals surface area contributed by atoms with Crippen molar-refractivity contribution in [3.05, 3.63) is 54.0 Å². The summed E-state index contributed by atoms with van der Waals surface area (Å²) in [6.07, 6.45) is 0. The third kappa shape index (κ3) is 2.85. The Labute approximate surface area is 157 Å². The van der Waals surface area contributed by atoms with Crippen molar-refractivity contribution in [2.45, 2.75) is 13.8 Å². The van der Waals surface area contributed by atoms with Crippen molar-refractivity contribution in [2.75, 3.05) is 29.9 Å². The molecule has 0 atom stereocenters. The van der Waals surface area contributed by atoms with Crippen molar-refractivity contribution in [1.82, 2.24) is 24.8 Å². The zero-order valence-electron chi connectivity index (χ0n) is 15.4. The quantitative estimate of drug-likeness (QED) is 0.604. The first-order valence-electron chi connectivity index (χ1n) is 9.21. The maximum Gasteiger partial charge on any atom is 0.178 e. The second-order valence-corrected chi connectivity index (χ2v) is 7.19. The Morgan fingerprint density at radius 1 is 1.07 bits per heavy atom. The molecule has 1 fully saturated rings. The zero-order chi connectivity index (χ0) is 18.4. The lowest BCUT2D eigenvalue weighted by Gasteiger charge is -2.40. The van der Waals surface area contributed by atoms with Gasteiger partial charge in [0.15, 0.2) is 11.5 Å². The van der Waals surface area contributed by atoms with Gasteiger partial charge in [-0.05, 0) is 38.1 Å². The highest BCUT2D eigenvalue weighted by molar-refractivity contribution is 5.91. The van der Waals surface area contributed by atoms with E-state index < -0.39 is 0 Å². The molecule has 5 rings (SSSR count). The molecule has 3 aromatic heterocycles. The number of hydrogen-bond acceptors (Lipinski definition) is 6. The van der Waals surface area contributed by atoms with Crippen molar-refractivity contribution in [2.24, 2.45) is 5.92 Å². The van der Waals surface area contributed by atoms with Crippen LogP contribution in [0.5, 0.6) is 0 Å². The Morgan fingerprint density at radius 2 is 1.93 bits per heavy atom. The Hall–Kier alpha value is -3.22. The molecule has 0 amide bonds. The summed E-state index contributed by atoms with van der Waals surface area (Å²) in [5.41, 5.74) is 4.02. The molecule has 1 saturated heterocycles. The molecule has 1 aliphatic heterocycles. The monoisotopic (exact) mass is 359 g/mol. The van der Waals surface area contributed by atoms with Crippen LogP contribution in [0.3, 0.4) is 0 Å². The lowest BCUT2D eigenvalue weighted by atomic mass is 10.00. The predicted molar refractivity (Wildman–Crippen MR) is 106 cm³/mol. The van der Waals surface area contributed by atoms with E-state index >= 15 is 0 Å². The van der Waals surface area contributed by atoms with E-state index in [1.807, 2.05) is 32.0 Å². The molecule has 27 heavy (non-hydrogen) atoms. The molecule has 1 aromatic carbocycles. The van der Waals surface area contributed by atoms with E-state index in [9.17, 15) is 0 Å². The van der Waals surface area contributed by atoms with Crippen LogP contribution in [0.4, 0.5) is 11.5 Å². The fourth-order valence-corrected chi connectivity index (χ4v) is 3.65. The number of para-hydroxylation sites is 1. The summed E-state index contributed by atoms with van der Waals surface area (Å²) in [4.78, 5) is 6.90. The Balaban J connectivity index is 1.26. The summed E-state index contributed by atoms with van der Waals surface area (Å²) < 4.78 is 1.80. The highest BCUT2D eigenvalue weighted by atomic mass is 15.4. The smallest absolute Gasteiger partial charge is 0.178 e. The van der Waals surface area contributed by atoms with Crippen LogP contribution in [0.25, 0.3) is 16.6 Å². The van der Waals surface area contributed by atoms with Gasteiger partial charge >= 0.3 is 0 Å². The van der Waals surface area contributed by atoms with Crippen molar-refractivity contribution in [1.29, 1.82) is 0 Å². The van der Waals surface area contributed by atoms with E-state index in [0.29, 0.717) is 5.92 Å². The minimum absolute atomic E-state index is 0.594. The lowest BCUT2D eigenvalue weighted by Crippen LogP contribution is -2.50. The standard InChI is InChI=1S/C20H21N7/c1-13-9-18(16-5-3-4-6-17(16)22-13)21-10-15-11-26(12-15)20-8-7-19-24-23-14(2)27(19)25-20/h3-9,15H,10-12H2,1-2H3,(H,21,22). The minimum Gasteiger partial charge on any atom is -0.384 e. The average Bonchev–Trinajstić information content (AvgIpc) is 3.01. The van der Waals surface area contributed by atoms with Gasteiger partial charge in [-0.15, -0.1) is 15.3 Å². The number of aromatic nitrogens is 5. The molecule has 0 bridgehead atoms. The van der Waals surface area contributed by atoms with E-state index in [0.717, 1.165) is 53.8 Å². The molecule has 0 radical (unpaired) electrons. The van der Waals surface area contributed by atoms with Gasteiger partial charge in [-0.1, -0.05) is 18.2 Å². The first-order valence-corrected chi connectivity index (χ1v) is 9.21. The van der Waals surface area contributed by atoms with Crippen LogP contribution in [-0.2, 0) is 0 Å². The number of pyridine rings is 1. The van der Waals surface area contributed by atoms with Crippen LogP contribution < -0.4 is 10.2 Å². The van der Waals surface area contributed by atoms with Crippen LogP contribution >= 0.6 is 0 Å². The first-order chi connectivity index (χ1) is 13.2. The van der Waals surface area contributed by atoms with Crippen LogP contribution in [0.2, 0.25) is 0 Å². The lowest BCUT2D eigenvalue weighted by molar-refractivity contribution is 0.425. The molecule has 0 unspecified atom stereocenters. The summed E-state index contributed by atoms with van der Waals surface area (Å²) >= 11 is 0. The minimum atomic E-state index is 0.594. The predicted octanol–water partition coefficient (Wildman–Crippen LogP) is 2.84. The van der Waals surface area contributed by atoms with E-state index in [2.05, 4.69) is 54.8 Å². The summed E-state index contributed by atoms with van der Waals surface area (Å²) in [6.45, 7) is 6.89. The fourth-order valence-electron chi connectivity index (χ4n) is 3.65. The van der Waals surface area contributed by atoms with E-state index in [1.165, 1.54) is 5.39 Å². The highest BCUT2D eigenvalue weighted by Gasteiger charge is 2.28. The van der Waals surface area contributed by atoms with Crippen LogP contribution in [0.1, 0.15) is 11.5 Å². The number of anilines is 2. The van der Waals surface area contributed by atoms with Gasteiger partial charge in [-0.25, -0.2) is 0 Å². The third-order valence-corrected chi connectivity index (χ3v) is 5.11. The van der Waals surface area contributed by atoms with E-state index in [4.69, 9.17) is 0 Å². The molecule has 7 heteroatoms. The van der Waals surface area contributed by atoms with Crippen LogP contribution in [-0.4, -0.2) is 44.4 Å². The highest BCUT2D eigenvalue weighted by Crippen LogP contribution is 2.26. The number of nitrogens with one attached hydrogen (secondary N) is 1. The Morgan fingerprint density at radius 3 is 2.81 bits per heavy atom. The van der Waals surface area contributed by atoms with Crippen molar-refractivity contribution in [3.63, 3.8) is 0 Å². The molecule has 1 aliphatic rings.